The van der Waals surface area contributed by atoms with Crippen LogP contribution in [0.15, 0.2) is 89.8 Å². The molecule has 3 aromatic heterocycles. The van der Waals surface area contributed by atoms with E-state index in [1.165, 1.54) is 105 Å². The second-order valence-electron chi connectivity index (χ2n) is 19.7. The van der Waals surface area contributed by atoms with Gasteiger partial charge in [-0.2, -0.15) is 0 Å². The molecule has 0 fully saturated rings. The van der Waals surface area contributed by atoms with Gasteiger partial charge in [0.15, 0.2) is 23.0 Å². The van der Waals surface area contributed by atoms with Gasteiger partial charge in [0.1, 0.15) is 5.54 Å². The summed E-state index contributed by atoms with van der Waals surface area (Å²) in [7, 11) is 0. The third kappa shape index (κ3) is 8.09. The zero-order chi connectivity index (χ0) is 44.4. The molecule has 6 heterocycles. The third-order valence-electron chi connectivity index (χ3n) is 15.1. The molecule has 3 aromatic carbocycles. The molecular weight excluding hydrogens is 841 g/mol. The van der Waals surface area contributed by atoms with Crippen molar-refractivity contribution in [3.05, 3.63) is 107 Å². The van der Waals surface area contributed by atoms with Crippen molar-refractivity contribution in [2.75, 3.05) is 31.7 Å². The molecule has 10 rings (SSSR count). The summed E-state index contributed by atoms with van der Waals surface area (Å²) < 4.78 is 29.9. The first kappa shape index (κ1) is 44.2. The first-order valence-corrected chi connectivity index (χ1v) is 26.8. The zero-order valence-corrected chi connectivity index (χ0v) is 40.8. The van der Waals surface area contributed by atoms with E-state index in [1.54, 1.807) is 22.7 Å². The Morgan fingerprint density at radius 2 is 1.02 bits per heavy atom. The Bertz CT molecular complexity index is 2450. The van der Waals surface area contributed by atoms with Crippen molar-refractivity contribution in [3.63, 3.8) is 0 Å². The Balaban J connectivity index is 1.03. The second-order valence-corrected chi connectivity index (χ2v) is 21.4. The van der Waals surface area contributed by atoms with Crippen LogP contribution in [0.3, 0.4) is 0 Å². The summed E-state index contributed by atoms with van der Waals surface area (Å²) in [6.07, 6.45) is 21.6. The van der Waals surface area contributed by atoms with Gasteiger partial charge in [0, 0.05) is 27.8 Å². The molecule has 4 aliphatic rings. The highest BCUT2D eigenvalue weighted by Crippen LogP contribution is 2.59. The van der Waals surface area contributed by atoms with Gasteiger partial charge in [-0.05, 0) is 95.5 Å². The van der Waals surface area contributed by atoms with Crippen molar-refractivity contribution in [2.45, 2.75) is 136 Å². The van der Waals surface area contributed by atoms with Crippen molar-refractivity contribution in [2.24, 2.45) is 10.8 Å². The van der Waals surface area contributed by atoms with Crippen molar-refractivity contribution < 1.29 is 18.9 Å². The molecule has 1 spiro atoms. The van der Waals surface area contributed by atoms with E-state index in [1.807, 2.05) is 0 Å². The van der Waals surface area contributed by atoms with Crippen LogP contribution in [0.1, 0.15) is 147 Å². The number of nitrogens with zero attached hydrogens (tertiary/aromatic N) is 1. The fourth-order valence-electron chi connectivity index (χ4n) is 11.3. The summed E-state index contributed by atoms with van der Waals surface area (Å²) in [6, 6.07) is 27.4. The van der Waals surface area contributed by atoms with Gasteiger partial charge < -0.3 is 28.8 Å². The summed E-state index contributed by atoms with van der Waals surface area (Å²) in [5, 5.41) is 8.57. The van der Waals surface area contributed by atoms with Gasteiger partial charge in [-0.15, -0.1) is 22.7 Å². The lowest BCUT2D eigenvalue weighted by Crippen LogP contribution is -2.41. The van der Waals surface area contributed by atoms with E-state index in [0.29, 0.717) is 13.2 Å². The quantitative estimate of drug-likeness (QED) is 0.0871. The maximum atomic E-state index is 6.98. The largest absolute Gasteiger partial charge is 0.488 e. The van der Waals surface area contributed by atoms with Crippen molar-refractivity contribution in [1.82, 2.24) is 4.57 Å². The van der Waals surface area contributed by atoms with E-state index in [9.17, 15) is 0 Å². The summed E-state index contributed by atoms with van der Waals surface area (Å²) in [4.78, 5) is 2.27. The van der Waals surface area contributed by atoms with E-state index in [2.05, 4.69) is 127 Å². The normalized spacial score (nSPS) is 16.8. The molecule has 65 heavy (non-hydrogen) atoms. The third-order valence-corrected chi connectivity index (χ3v) is 17.0. The molecule has 0 saturated carbocycles. The minimum Gasteiger partial charge on any atom is -0.488 e. The highest BCUT2D eigenvalue weighted by Gasteiger charge is 2.50. The topological polar surface area (TPSA) is 53.9 Å². The molecule has 0 atom stereocenters. The average molecular weight is 909 g/mol. The van der Waals surface area contributed by atoms with Crippen LogP contribution in [-0.2, 0) is 5.54 Å². The number of aromatic nitrogens is 1. The van der Waals surface area contributed by atoms with E-state index < -0.39 is 5.54 Å². The van der Waals surface area contributed by atoms with Crippen LogP contribution in [0.4, 0.5) is 5.69 Å². The molecule has 1 N–H and O–H groups in total. The number of ether oxygens (including phenoxy) is 4. The monoisotopic (exact) mass is 908 g/mol. The van der Waals surface area contributed by atoms with Crippen molar-refractivity contribution >= 4 is 28.4 Å². The van der Waals surface area contributed by atoms with Gasteiger partial charge in [-0.3, -0.25) is 0 Å². The Morgan fingerprint density at radius 3 is 1.51 bits per heavy atom. The van der Waals surface area contributed by atoms with E-state index in [0.717, 1.165) is 94.2 Å². The number of hydrogen-bond acceptors (Lipinski definition) is 7. The lowest BCUT2D eigenvalue weighted by atomic mass is 9.79. The number of fused-ring (bicyclic) bond motifs is 11. The Morgan fingerprint density at radius 1 is 0.538 bits per heavy atom. The first-order chi connectivity index (χ1) is 31.9. The smallest absolute Gasteiger partial charge is 0.179 e. The minimum absolute atomic E-state index is 0.0367. The second kappa shape index (κ2) is 18.9. The average Bonchev–Trinajstić information content (AvgIpc) is 4.10. The number of para-hydroxylation sites is 2. The van der Waals surface area contributed by atoms with Crippen LogP contribution in [-0.4, -0.2) is 31.0 Å². The molecule has 8 heteroatoms. The van der Waals surface area contributed by atoms with E-state index in [-0.39, 0.29) is 10.8 Å². The van der Waals surface area contributed by atoms with Crippen molar-refractivity contribution in [1.29, 1.82) is 0 Å². The molecule has 0 radical (unpaired) electrons. The lowest BCUT2D eigenvalue weighted by Gasteiger charge is -2.40. The fraction of sp³-hybridized carbons (Fsp3) is 0.474. The Labute approximate surface area is 395 Å². The SMILES string of the molecule is CCCCCC1(CCCCC)COc2csc(-c3ccc4c(c3)C3(Nc5ccccc5-n5cccc53)c3cc(-c5scc6c5OCC(CCCCC)(CCCCC)CO6)ccc3-4)c2OC1. The Kier molecular flexibility index (Phi) is 12.9. The lowest BCUT2D eigenvalue weighted by molar-refractivity contribution is 0.0786. The van der Waals surface area contributed by atoms with Crippen LogP contribution in [0.5, 0.6) is 23.0 Å². The highest BCUT2D eigenvalue weighted by atomic mass is 32.1. The van der Waals surface area contributed by atoms with Gasteiger partial charge in [0.05, 0.1) is 53.3 Å². The summed E-state index contributed by atoms with van der Waals surface area (Å²) in [5.41, 5.74) is 10.2. The van der Waals surface area contributed by atoms with Crippen molar-refractivity contribution in [3.8, 4) is 60.7 Å². The molecule has 0 amide bonds. The number of anilines is 1. The van der Waals surface area contributed by atoms with Crippen LogP contribution in [0.2, 0.25) is 0 Å². The number of thiophene rings is 2. The molecule has 0 unspecified atom stereocenters. The van der Waals surface area contributed by atoms with Gasteiger partial charge in [0.25, 0.3) is 0 Å². The highest BCUT2D eigenvalue weighted by molar-refractivity contribution is 7.14. The van der Waals surface area contributed by atoms with E-state index >= 15 is 0 Å². The van der Waals surface area contributed by atoms with Gasteiger partial charge in [-0.25, -0.2) is 0 Å². The number of unbranched alkanes of at least 4 members (excludes halogenated alkanes) is 8. The molecule has 6 nitrogen and oxygen atoms in total. The summed E-state index contributed by atoms with van der Waals surface area (Å²) in [6.45, 7) is 12.0. The standard InChI is InChI=1S/C57H68N2O4S2/c1-5-9-15-27-55(28-16-10-6-2)36-60-48-34-64-53(51(48)62-38-55)40-23-25-42-43-26-24-41(54-52-49(35-65-54)61-37-56(39-63-52,29-17-11-7-3)30-18-12-8-4)33-45(43)57(44(42)32-40)50-22-19-31-59(50)47-21-14-13-20-46(47)58-57/h13-14,19-26,31-35,58H,5-12,15-18,27-30,36-39H2,1-4H3. The van der Waals surface area contributed by atoms with Gasteiger partial charge in [-0.1, -0.05) is 141 Å². The minimum atomic E-state index is -0.660. The maximum Gasteiger partial charge on any atom is 0.179 e. The number of benzene rings is 3. The van der Waals surface area contributed by atoms with Gasteiger partial charge >= 0.3 is 0 Å². The maximum absolute atomic E-state index is 6.98. The van der Waals surface area contributed by atoms with Crippen LogP contribution in [0.25, 0.3) is 37.7 Å². The zero-order valence-electron chi connectivity index (χ0n) is 39.2. The molecule has 3 aliphatic heterocycles. The molecule has 342 valence electrons. The first-order valence-electron chi connectivity index (χ1n) is 25.0. The van der Waals surface area contributed by atoms with Crippen LogP contribution < -0.4 is 24.3 Å². The predicted octanol–water partition coefficient (Wildman–Crippen LogP) is 16.5. The number of hydrogen-bond donors (Lipinski definition) is 1. The molecule has 0 saturated heterocycles. The molecular formula is C57H68N2O4S2. The molecule has 0 bridgehead atoms. The summed E-state index contributed by atoms with van der Waals surface area (Å²) in [5.74, 6) is 3.58. The molecule has 6 aromatic rings. The number of rotatable bonds is 18. The van der Waals surface area contributed by atoms with Gasteiger partial charge in [0.2, 0.25) is 0 Å². The number of nitrogens with one attached hydrogen (secondary N) is 1. The fourth-order valence-corrected chi connectivity index (χ4v) is 13.2. The van der Waals surface area contributed by atoms with Crippen LogP contribution >= 0.6 is 22.7 Å². The van der Waals surface area contributed by atoms with Crippen LogP contribution in [0, 0.1) is 10.8 Å². The van der Waals surface area contributed by atoms with E-state index in [4.69, 9.17) is 18.9 Å². The predicted molar refractivity (Wildman–Crippen MR) is 271 cm³/mol. The molecule has 1 aliphatic carbocycles. The summed E-state index contributed by atoms with van der Waals surface area (Å²) >= 11 is 3.47. The Hall–Kier alpha value is -4.66.